The zero-order valence-corrected chi connectivity index (χ0v) is 20.2. The maximum Gasteiger partial charge on any atom is 0.586 e. The third-order valence-corrected chi connectivity index (χ3v) is 6.91. The first kappa shape index (κ1) is 23.9. The smallest absolute Gasteiger partial charge is 0.395 e. The summed E-state index contributed by atoms with van der Waals surface area (Å²) >= 11 is 0. The van der Waals surface area contributed by atoms with Gasteiger partial charge in [0.05, 0.1) is 5.52 Å². The molecule has 3 aromatic rings. The maximum absolute atomic E-state index is 13.4. The number of fused-ring (bicyclic) bond motifs is 2. The third kappa shape index (κ3) is 4.22. The molecule has 0 radical (unpaired) electrons. The minimum atomic E-state index is -3.64. The van der Waals surface area contributed by atoms with Crippen molar-refractivity contribution in [3.8, 4) is 11.5 Å². The third-order valence-electron chi connectivity index (χ3n) is 6.91. The summed E-state index contributed by atoms with van der Waals surface area (Å²) in [5.74, 6) is 0.806. The normalized spacial score (nSPS) is 21.1. The van der Waals surface area contributed by atoms with E-state index in [9.17, 15) is 13.6 Å². The van der Waals surface area contributed by atoms with Gasteiger partial charge >= 0.3 is 12.0 Å². The van der Waals surface area contributed by atoms with Gasteiger partial charge in [-0.1, -0.05) is 26.5 Å². The van der Waals surface area contributed by atoms with Crippen LogP contribution in [-0.2, 0) is 13.6 Å². The summed E-state index contributed by atoms with van der Waals surface area (Å²) in [5.41, 5.74) is 1.62. The van der Waals surface area contributed by atoms with Gasteiger partial charge in [0, 0.05) is 38.8 Å². The number of aryl methyl sites for hydroxylation is 1. The molecule has 1 saturated heterocycles. The van der Waals surface area contributed by atoms with Crippen LogP contribution in [0.5, 0.6) is 11.5 Å². The average molecular weight is 497 g/mol. The topological polar surface area (TPSA) is 77.1 Å². The molecule has 2 aromatic heterocycles. The zero-order valence-electron chi connectivity index (χ0n) is 20.2. The van der Waals surface area contributed by atoms with Gasteiger partial charge in [0.15, 0.2) is 17.3 Å². The first-order chi connectivity index (χ1) is 17.2. The Hall–Kier alpha value is -3.78. The van der Waals surface area contributed by atoms with Crippen LogP contribution in [0.25, 0.3) is 15.9 Å². The van der Waals surface area contributed by atoms with Crippen LogP contribution in [0.4, 0.5) is 20.4 Å². The van der Waals surface area contributed by atoms with Gasteiger partial charge in [0.2, 0.25) is 5.52 Å². The summed E-state index contributed by atoms with van der Waals surface area (Å²) in [6.07, 6.45) is -2.02. The van der Waals surface area contributed by atoms with Crippen molar-refractivity contribution in [2.45, 2.75) is 51.6 Å². The van der Waals surface area contributed by atoms with E-state index in [4.69, 9.17) is 6.57 Å². The van der Waals surface area contributed by atoms with E-state index in [2.05, 4.69) is 47.9 Å². The van der Waals surface area contributed by atoms with E-state index in [-0.39, 0.29) is 35.1 Å². The minimum Gasteiger partial charge on any atom is -0.395 e. The Labute approximate surface area is 206 Å². The summed E-state index contributed by atoms with van der Waals surface area (Å²) in [6, 6.07) is 8.37. The monoisotopic (exact) mass is 496 g/mol. The number of piperazine rings is 1. The largest absolute Gasteiger partial charge is 0.586 e. The van der Waals surface area contributed by atoms with Gasteiger partial charge in [-0.05, 0) is 42.7 Å². The molecule has 0 saturated carbocycles. The Morgan fingerprint density at radius 3 is 2.56 bits per heavy atom. The van der Waals surface area contributed by atoms with Crippen LogP contribution >= 0.6 is 0 Å². The van der Waals surface area contributed by atoms with Crippen molar-refractivity contribution in [1.82, 2.24) is 19.4 Å². The van der Waals surface area contributed by atoms with Gasteiger partial charge < -0.3 is 19.2 Å². The molecule has 9 nitrogen and oxygen atoms in total. The summed E-state index contributed by atoms with van der Waals surface area (Å²) in [5, 5.41) is 0. The molecule has 2 aliphatic rings. The fourth-order valence-corrected chi connectivity index (χ4v) is 4.99. The number of hydrogen-bond acceptors (Lipinski definition) is 7. The van der Waals surface area contributed by atoms with Crippen LogP contribution in [0.15, 0.2) is 35.1 Å². The SMILES string of the molecule is [C-]#[N+]c1ccc2c(n1)c(N1C[C@@H](CC)N(Cc3ccc4c(c3)OC(F)(F)O4)C[C@@H]1CC)nc(=O)n2C. The van der Waals surface area contributed by atoms with Crippen LogP contribution < -0.4 is 20.1 Å². The average Bonchev–Trinajstić information content (AvgIpc) is 3.18. The number of hydrogen-bond donors (Lipinski definition) is 0. The van der Waals surface area contributed by atoms with Crippen molar-refractivity contribution in [2.24, 2.45) is 7.05 Å². The predicted octanol–water partition coefficient (Wildman–Crippen LogP) is 4.08. The van der Waals surface area contributed by atoms with Crippen molar-refractivity contribution >= 4 is 22.7 Å². The highest BCUT2D eigenvalue weighted by Gasteiger charge is 2.43. The summed E-state index contributed by atoms with van der Waals surface area (Å²) in [7, 11) is 1.64. The Morgan fingerprint density at radius 1 is 1.08 bits per heavy atom. The fraction of sp³-hybridized carbons (Fsp3) is 0.440. The molecule has 2 aliphatic heterocycles. The van der Waals surface area contributed by atoms with E-state index in [0.717, 1.165) is 18.4 Å². The molecule has 4 heterocycles. The summed E-state index contributed by atoms with van der Waals surface area (Å²) < 4.78 is 37.5. The van der Waals surface area contributed by atoms with Crippen LogP contribution in [0, 0.1) is 6.57 Å². The molecule has 1 fully saturated rings. The first-order valence-corrected chi connectivity index (χ1v) is 11.9. The highest BCUT2D eigenvalue weighted by molar-refractivity contribution is 5.87. The molecule has 0 amide bonds. The number of ether oxygens (including phenoxy) is 2. The number of benzene rings is 1. The van der Waals surface area contributed by atoms with E-state index >= 15 is 0 Å². The lowest BCUT2D eigenvalue weighted by Crippen LogP contribution is -2.58. The molecule has 1 aromatic carbocycles. The number of nitrogens with zero attached hydrogens (tertiary/aromatic N) is 6. The highest BCUT2D eigenvalue weighted by atomic mass is 19.3. The second-order valence-electron chi connectivity index (χ2n) is 9.08. The molecular weight excluding hydrogens is 470 g/mol. The lowest BCUT2D eigenvalue weighted by Gasteiger charge is -2.46. The van der Waals surface area contributed by atoms with E-state index in [1.165, 1.54) is 10.6 Å². The molecule has 11 heteroatoms. The van der Waals surface area contributed by atoms with Crippen LogP contribution in [-0.4, -0.2) is 50.9 Å². The van der Waals surface area contributed by atoms with Crippen molar-refractivity contribution in [3.63, 3.8) is 0 Å². The molecule has 0 N–H and O–H groups in total. The van der Waals surface area contributed by atoms with E-state index in [1.54, 1.807) is 31.3 Å². The van der Waals surface area contributed by atoms with Crippen molar-refractivity contribution in [2.75, 3.05) is 18.0 Å². The van der Waals surface area contributed by atoms with Gasteiger partial charge in [-0.25, -0.2) is 4.79 Å². The molecule has 5 rings (SSSR count). The maximum atomic E-state index is 13.4. The second kappa shape index (κ2) is 9.02. The molecule has 0 spiro atoms. The number of pyridine rings is 1. The highest BCUT2D eigenvalue weighted by Crippen LogP contribution is 2.41. The van der Waals surface area contributed by atoms with Crippen molar-refractivity contribution in [1.29, 1.82) is 0 Å². The molecule has 36 heavy (non-hydrogen) atoms. The Bertz CT molecular complexity index is 1420. The number of rotatable bonds is 5. The lowest BCUT2D eigenvalue weighted by molar-refractivity contribution is -0.286. The van der Waals surface area contributed by atoms with E-state index in [1.807, 2.05) is 0 Å². The molecule has 0 unspecified atom stereocenters. The number of alkyl halides is 2. The molecule has 188 valence electrons. The standard InChI is InChI=1S/C25H26F2N6O3/c1-5-16-14-33(23-22-18(31(4)24(34)30-23)8-10-21(28-3)29-22)17(6-2)13-32(16)12-15-7-9-19-20(11-15)36-25(26,27)35-19/h7-11,16-17H,5-6,12-14H2,1-2,4H3/t16-,17+/m1/s1. The van der Waals surface area contributed by atoms with Crippen LogP contribution in [0.3, 0.4) is 0 Å². The molecule has 2 atom stereocenters. The first-order valence-electron chi connectivity index (χ1n) is 11.9. The minimum absolute atomic E-state index is 0.0296. The Balaban J connectivity index is 1.46. The zero-order chi connectivity index (χ0) is 25.6. The van der Waals surface area contributed by atoms with Crippen molar-refractivity contribution < 1.29 is 18.3 Å². The van der Waals surface area contributed by atoms with Gasteiger partial charge in [-0.3, -0.25) is 9.47 Å². The van der Waals surface area contributed by atoms with Gasteiger partial charge in [0.25, 0.3) is 5.82 Å². The van der Waals surface area contributed by atoms with Crippen LogP contribution in [0.1, 0.15) is 32.3 Å². The van der Waals surface area contributed by atoms with E-state index in [0.29, 0.717) is 36.5 Å². The van der Waals surface area contributed by atoms with Gasteiger partial charge in [-0.2, -0.15) is 4.98 Å². The summed E-state index contributed by atoms with van der Waals surface area (Å²) in [4.78, 5) is 29.5. The van der Waals surface area contributed by atoms with Crippen molar-refractivity contribution in [3.05, 3.63) is 57.8 Å². The summed E-state index contributed by atoms with van der Waals surface area (Å²) in [6.45, 7) is 13.4. The second-order valence-corrected chi connectivity index (χ2v) is 9.08. The predicted molar refractivity (Wildman–Crippen MR) is 130 cm³/mol. The van der Waals surface area contributed by atoms with Gasteiger partial charge in [-0.15, -0.1) is 13.8 Å². The number of halogens is 2. The lowest BCUT2D eigenvalue weighted by atomic mass is 10.0. The number of aromatic nitrogens is 3. The fourth-order valence-electron chi connectivity index (χ4n) is 4.99. The Kier molecular flexibility index (Phi) is 6.00. The van der Waals surface area contributed by atoms with Crippen LogP contribution in [0.2, 0.25) is 0 Å². The molecule has 0 bridgehead atoms. The quantitative estimate of drug-likeness (QED) is 0.493. The Morgan fingerprint density at radius 2 is 1.83 bits per heavy atom. The molecular formula is C25H26F2N6O3. The van der Waals surface area contributed by atoms with Gasteiger partial charge in [0.1, 0.15) is 0 Å². The number of anilines is 1. The van der Waals surface area contributed by atoms with E-state index < -0.39 is 6.29 Å². The molecule has 0 aliphatic carbocycles.